The maximum absolute atomic E-state index is 12.0. The summed E-state index contributed by atoms with van der Waals surface area (Å²) < 4.78 is 0. The van der Waals surface area contributed by atoms with Crippen LogP contribution >= 0.6 is 0 Å². The summed E-state index contributed by atoms with van der Waals surface area (Å²) in [5.74, 6) is -0.973. The van der Waals surface area contributed by atoms with E-state index in [1.54, 1.807) is 12.1 Å². The van der Waals surface area contributed by atoms with Crippen LogP contribution in [-0.4, -0.2) is 34.6 Å². The second kappa shape index (κ2) is 5.79. The molecule has 1 aromatic rings. The molecule has 3 N–H and O–H groups in total. The van der Waals surface area contributed by atoms with Crippen LogP contribution in [0.2, 0.25) is 0 Å². The molecular weight excluding hydrogens is 246 g/mol. The SMILES string of the molecule is CC1NCCC1C(=O)Nc1ccc(CC(=O)O)nc1. The Balaban J connectivity index is 1.95. The first-order chi connectivity index (χ1) is 9.06. The zero-order chi connectivity index (χ0) is 13.8. The van der Waals surface area contributed by atoms with Crippen molar-refractivity contribution in [1.82, 2.24) is 10.3 Å². The van der Waals surface area contributed by atoms with Crippen molar-refractivity contribution >= 4 is 17.6 Å². The molecule has 0 radical (unpaired) electrons. The number of amides is 1. The highest BCUT2D eigenvalue weighted by atomic mass is 16.4. The Morgan fingerprint density at radius 2 is 2.32 bits per heavy atom. The molecule has 1 fully saturated rings. The van der Waals surface area contributed by atoms with Crippen LogP contribution in [0.5, 0.6) is 0 Å². The molecule has 1 saturated heterocycles. The van der Waals surface area contributed by atoms with Crippen LogP contribution in [0.25, 0.3) is 0 Å². The minimum absolute atomic E-state index is 0.0229. The summed E-state index contributed by atoms with van der Waals surface area (Å²) in [6.07, 6.45) is 2.21. The molecule has 0 spiro atoms. The normalized spacial score (nSPS) is 22.2. The van der Waals surface area contributed by atoms with Crippen LogP contribution in [0, 0.1) is 5.92 Å². The van der Waals surface area contributed by atoms with E-state index in [4.69, 9.17) is 5.11 Å². The third-order valence-corrected chi connectivity index (χ3v) is 3.29. The van der Waals surface area contributed by atoms with Crippen molar-refractivity contribution in [2.75, 3.05) is 11.9 Å². The fraction of sp³-hybridized carbons (Fsp3) is 0.462. The summed E-state index contributed by atoms with van der Waals surface area (Å²) >= 11 is 0. The molecule has 2 atom stereocenters. The Labute approximate surface area is 111 Å². The van der Waals surface area contributed by atoms with Crippen molar-refractivity contribution in [1.29, 1.82) is 0 Å². The summed E-state index contributed by atoms with van der Waals surface area (Å²) in [5, 5.41) is 14.7. The molecule has 0 aromatic carbocycles. The van der Waals surface area contributed by atoms with Gasteiger partial charge in [0.25, 0.3) is 0 Å². The maximum atomic E-state index is 12.0. The molecule has 6 nitrogen and oxygen atoms in total. The molecule has 1 aliphatic rings. The molecule has 1 aliphatic heterocycles. The number of carbonyl (C=O) groups is 2. The minimum Gasteiger partial charge on any atom is -0.481 e. The molecule has 2 unspecified atom stereocenters. The maximum Gasteiger partial charge on any atom is 0.309 e. The van der Waals surface area contributed by atoms with Crippen LogP contribution in [-0.2, 0) is 16.0 Å². The standard InChI is InChI=1S/C13H17N3O3/c1-8-11(4-5-14-8)13(19)16-10-3-2-9(15-7-10)6-12(17)18/h2-3,7-8,11,14H,4-6H2,1H3,(H,16,19)(H,17,18). The Hall–Kier alpha value is -1.95. The van der Waals surface area contributed by atoms with Gasteiger partial charge in [0.05, 0.1) is 29.9 Å². The number of aliphatic carboxylic acids is 1. The van der Waals surface area contributed by atoms with Crippen molar-refractivity contribution in [3.63, 3.8) is 0 Å². The fourth-order valence-electron chi connectivity index (χ4n) is 2.21. The predicted molar refractivity (Wildman–Crippen MR) is 69.8 cm³/mol. The van der Waals surface area contributed by atoms with E-state index in [9.17, 15) is 9.59 Å². The second-order valence-electron chi connectivity index (χ2n) is 4.74. The lowest BCUT2D eigenvalue weighted by Gasteiger charge is -2.14. The van der Waals surface area contributed by atoms with Gasteiger partial charge in [-0.25, -0.2) is 0 Å². The van der Waals surface area contributed by atoms with Crippen LogP contribution in [0.3, 0.4) is 0 Å². The Morgan fingerprint density at radius 3 is 2.84 bits per heavy atom. The molecule has 102 valence electrons. The van der Waals surface area contributed by atoms with Gasteiger partial charge in [-0.05, 0) is 32.0 Å². The molecule has 1 aromatic heterocycles. The lowest BCUT2D eigenvalue weighted by atomic mass is 10.0. The summed E-state index contributed by atoms with van der Waals surface area (Å²) in [6, 6.07) is 3.47. The van der Waals surface area contributed by atoms with E-state index in [2.05, 4.69) is 15.6 Å². The Morgan fingerprint density at radius 1 is 1.53 bits per heavy atom. The lowest BCUT2D eigenvalue weighted by molar-refractivity contribution is -0.136. The van der Waals surface area contributed by atoms with Gasteiger partial charge in [0.2, 0.25) is 5.91 Å². The van der Waals surface area contributed by atoms with Crippen molar-refractivity contribution < 1.29 is 14.7 Å². The third kappa shape index (κ3) is 3.51. The van der Waals surface area contributed by atoms with Gasteiger partial charge in [-0.2, -0.15) is 0 Å². The average molecular weight is 263 g/mol. The minimum atomic E-state index is -0.921. The first kappa shape index (κ1) is 13.5. The highest BCUT2D eigenvalue weighted by Crippen LogP contribution is 2.17. The fourth-order valence-corrected chi connectivity index (χ4v) is 2.21. The van der Waals surface area contributed by atoms with Crippen LogP contribution < -0.4 is 10.6 Å². The number of hydrogen-bond acceptors (Lipinski definition) is 4. The molecule has 19 heavy (non-hydrogen) atoms. The van der Waals surface area contributed by atoms with E-state index in [1.807, 2.05) is 6.92 Å². The summed E-state index contributed by atoms with van der Waals surface area (Å²) in [4.78, 5) is 26.5. The topological polar surface area (TPSA) is 91.3 Å². The molecule has 6 heteroatoms. The number of carbonyl (C=O) groups excluding carboxylic acids is 1. The summed E-state index contributed by atoms with van der Waals surface area (Å²) in [5.41, 5.74) is 1.07. The second-order valence-corrected chi connectivity index (χ2v) is 4.74. The molecule has 1 amide bonds. The number of nitrogens with zero attached hydrogens (tertiary/aromatic N) is 1. The summed E-state index contributed by atoms with van der Waals surface area (Å²) in [6.45, 7) is 2.85. The van der Waals surface area contributed by atoms with Crippen LogP contribution in [0.15, 0.2) is 18.3 Å². The van der Waals surface area contributed by atoms with Crippen LogP contribution in [0.4, 0.5) is 5.69 Å². The van der Waals surface area contributed by atoms with E-state index >= 15 is 0 Å². The van der Waals surface area contributed by atoms with E-state index in [-0.39, 0.29) is 24.3 Å². The molecule has 2 heterocycles. The van der Waals surface area contributed by atoms with E-state index in [1.165, 1.54) is 6.20 Å². The van der Waals surface area contributed by atoms with E-state index < -0.39 is 5.97 Å². The summed E-state index contributed by atoms with van der Waals surface area (Å²) in [7, 11) is 0. The number of carboxylic acid groups (broad SMARTS) is 1. The first-order valence-electron chi connectivity index (χ1n) is 6.27. The Bertz CT molecular complexity index is 473. The van der Waals surface area contributed by atoms with Gasteiger partial charge >= 0.3 is 5.97 Å². The van der Waals surface area contributed by atoms with E-state index in [0.717, 1.165) is 13.0 Å². The zero-order valence-electron chi connectivity index (χ0n) is 10.7. The van der Waals surface area contributed by atoms with Crippen molar-refractivity contribution in [2.24, 2.45) is 5.92 Å². The quantitative estimate of drug-likeness (QED) is 0.741. The third-order valence-electron chi connectivity index (χ3n) is 3.29. The number of nitrogens with one attached hydrogen (secondary N) is 2. The van der Waals surface area contributed by atoms with Crippen molar-refractivity contribution in [3.8, 4) is 0 Å². The lowest BCUT2D eigenvalue weighted by Crippen LogP contribution is -2.32. The molecule has 0 bridgehead atoms. The Kier molecular flexibility index (Phi) is 4.11. The number of aromatic nitrogens is 1. The largest absolute Gasteiger partial charge is 0.481 e. The van der Waals surface area contributed by atoms with Gasteiger partial charge in [-0.1, -0.05) is 0 Å². The first-order valence-corrected chi connectivity index (χ1v) is 6.27. The van der Waals surface area contributed by atoms with Gasteiger partial charge in [0.15, 0.2) is 0 Å². The highest BCUT2D eigenvalue weighted by molar-refractivity contribution is 5.93. The van der Waals surface area contributed by atoms with Gasteiger partial charge in [0.1, 0.15) is 0 Å². The van der Waals surface area contributed by atoms with Gasteiger partial charge in [0, 0.05) is 6.04 Å². The number of hydrogen-bond donors (Lipinski definition) is 3. The van der Waals surface area contributed by atoms with Crippen molar-refractivity contribution in [2.45, 2.75) is 25.8 Å². The van der Waals surface area contributed by atoms with E-state index in [0.29, 0.717) is 11.4 Å². The number of carboxylic acids is 1. The van der Waals surface area contributed by atoms with Gasteiger partial charge in [-0.3, -0.25) is 14.6 Å². The van der Waals surface area contributed by atoms with Gasteiger partial charge in [-0.15, -0.1) is 0 Å². The molecule has 0 aliphatic carbocycles. The molecule has 2 rings (SSSR count). The highest BCUT2D eigenvalue weighted by Gasteiger charge is 2.29. The number of anilines is 1. The number of rotatable bonds is 4. The number of pyridine rings is 1. The zero-order valence-corrected chi connectivity index (χ0v) is 10.7. The molecule has 0 saturated carbocycles. The predicted octanol–water partition coefficient (Wildman–Crippen LogP) is 0.645. The average Bonchev–Trinajstić information content (AvgIpc) is 2.77. The van der Waals surface area contributed by atoms with Gasteiger partial charge < -0.3 is 15.7 Å². The monoisotopic (exact) mass is 263 g/mol. The van der Waals surface area contributed by atoms with Crippen molar-refractivity contribution in [3.05, 3.63) is 24.0 Å². The van der Waals surface area contributed by atoms with Crippen LogP contribution in [0.1, 0.15) is 19.0 Å². The smallest absolute Gasteiger partial charge is 0.309 e. The molecular formula is C13H17N3O3.